The summed E-state index contributed by atoms with van der Waals surface area (Å²) in [4.78, 5) is 4.26. The van der Waals surface area contributed by atoms with Crippen LogP contribution in [0.4, 0.5) is 0 Å². The number of benzene rings is 2. The lowest BCUT2D eigenvalue weighted by atomic mass is 10.1. The second-order valence-corrected chi connectivity index (χ2v) is 5.99. The zero-order valence-electron chi connectivity index (χ0n) is 16.9. The first-order valence-electron chi connectivity index (χ1n) is 8.80. The van der Waals surface area contributed by atoms with Gasteiger partial charge in [0.05, 0.1) is 21.3 Å². The fourth-order valence-corrected chi connectivity index (χ4v) is 2.87. The lowest BCUT2D eigenvalue weighted by Crippen LogP contribution is -2.36. The molecule has 9 heteroatoms. The molecule has 0 aromatic heterocycles. The summed E-state index contributed by atoms with van der Waals surface area (Å²) in [5, 5.41) is 6.56. The maximum Gasteiger partial charge on any atom is 0.231 e. The van der Waals surface area contributed by atoms with Crippen molar-refractivity contribution in [1.29, 1.82) is 0 Å². The van der Waals surface area contributed by atoms with Crippen molar-refractivity contribution in [2.75, 3.05) is 35.2 Å². The molecule has 0 bridgehead atoms. The molecule has 0 saturated carbocycles. The average Bonchev–Trinajstić information content (AvgIpc) is 3.21. The molecule has 3 rings (SSSR count). The Balaban J connectivity index is 0.00000300. The van der Waals surface area contributed by atoms with Gasteiger partial charge in [0.15, 0.2) is 29.0 Å². The maximum absolute atomic E-state index is 5.46. The van der Waals surface area contributed by atoms with Gasteiger partial charge < -0.3 is 34.3 Å². The molecule has 8 nitrogen and oxygen atoms in total. The first-order chi connectivity index (χ1) is 13.7. The highest BCUT2D eigenvalue weighted by molar-refractivity contribution is 14.0. The normalized spacial score (nSPS) is 12.1. The molecule has 1 heterocycles. The molecule has 0 unspecified atom stereocenters. The summed E-state index contributed by atoms with van der Waals surface area (Å²) >= 11 is 0. The molecular formula is C20H26IN3O5. The smallest absolute Gasteiger partial charge is 0.231 e. The second-order valence-electron chi connectivity index (χ2n) is 5.99. The Hall–Kier alpha value is -2.56. The first kappa shape index (κ1) is 22.7. The van der Waals surface area contributed by atoms with Gasteiger partial charge in [-0.1, -0.05) is 6.07 Å². The summed E-state index contributed by atoms with van der Waals surface area (Å²) in [5.74, 6) is 4.16. The number of halogens is 1. The third kappa shape index (κ3) is 5.49. The van der Waals surface area contributed by atoms with Crippen LogP contribution in [0.1, 0.15) is 11.1 Å². The van der Waals surface area contributed by atoms with E-state index in [9.17, 15) is 0 Å². The van der Waals surface area contributed by atoms with Gasteiger partial charge in [-0.05, 0) is 23.8 Å². The van der Waals surface area contributed by atoms with E-state index in [0.29, 0.717) is 36.3 Å². The van der Waals surface area contributed by atoms with Gasteiger partial charge in [0, 0.05) is 31.8 Å². The molecule has 0 radical (unpaired) electrons. The van der Waals surface area contributed by atoms with Crippen LogP contribution in [-0.2, 0) is 13.1 Å². The van der Waals surface area contributed by atoms with Gasteiger partial charge >= 0.3 is 0 Å². The van der Waals surface area contributed by atoms with E-state index in [1.807, 2.05) is 24.3 Å². The van der Waals surface area contributed by atoms with Crippen LogP contribution in [0, 0.1) is 0 Å². The minimum atomic E-state index is 0. The molecule has 2 aromatic rings. The molecular weight excluding hydrogens is 489 g/mol. The Morgan fingerprint density at radius 2 is 1.55 bits per heavy atom. The first-order valence-corrected chi connectivity index (χ1v) is 8.80. The van der Waals surface area contributed by atoms with Crippen molar-refractivity contribution < 1.29 is 23.7 Å². The standard InChI is InChI=1S/C20H25N3O5.HI/c1-21-20(22-10-13-5-6-15-19(7-13)28-12-27-15)23-11-14-8-17(25-3)18(26-4)9-16(14)24-2;/h5-9H,10-12H2,1-4H3,(H2,21,22,23);1H. The van der Waals surface area contributed by atoms with E-state index in [2.05, 4.69) is 15.6 Å². The van der Waals surface area contributed by atoms with E-state index < -0.39 is 0 Å². The molecule has 0 atom stereocenters. The van der Waals surface area contributed by atoms with E-state index >= 15 is 0 Å². The van der Waals surface area contributed by atoms with E-state index in [0.717, 1.165) is 22.6 Å². The predicted octanol–water partition coefficient (Wildman–Crippen LogP) is 2.92. The zero-order valence-corrected chi connectivity index (χ0v) is 19.2. The number of methoxy groups -OCH3 is 3. The van der Waals surface area contributed by atoms with Gasteiger partial charge in [-0.2, -0.15) is 0 Å². The summed E-state index contributed by atoms with van der Waals surface area (Å²) in [6, 6.07) is 9.55. The summed E-state index contributed by atoms with van der Waals surface area (Å²) in [6.07, 6.45) is 0. The lowest BCUT2D eigenvalue weighted by molar-refractivity contribution is 0.174. The number of rotatable bonds is 7. The largest absolute Gasteiger partial charge is 0.496 e. The van der Waals surface area contributed by atoms with Crippen molar-refractivity contribution in [3.63, 3.8) is 0 Å². The number of hydrogen-bond acceptors (Lipinski definition) is 6. The van der Waals surface area contributed by atoms with Crippen molar-refractivity contribution in [2.45, 2.75) is 13.1 Å². The average molecular weight is 515 g/mol. The van der Waals surface area contributed by atoms with Crippen LogP contribution in [0.25, 0.3) is 0 Å². The van der Waals surface area contributed by atoms with Crippen LogP contribution in [0.3, 0.4) is 0 Å². The van der Waals surface area contributed by atoms with Crippen molar-refractivity contribution in [3.8, 4) is 28.7 Å². The quantitative estimate of drug-likeness (QED) is 0.334. The van der Waals surface area contributed by atoms with Crippen LogP contribution in [0.2, 0.25) is 0 Å². The van der Waals surface area contributed by atoms with Gasteiger partial charge in [0.2, 0.25) is 6.79 Å². The number of aliphatic imine (C=N–C) groups is 1. The van der Waals surface area contributed by atoms with Crippen LogP contribution in [-0.4, -0.2) is 41.1 Å². The number of guanidine groups is 1. The van der Waals surface area contributed by atoms with Crippen LogP contribution >= 0.6 is 24.0 Å². The molecule has 158 valence electrons. The van der Waals surface area contributed by atoms with Crippen LogP contribution in [0.15, 0.2) is 35.3 Å². The highest BCUT2D eigenvalue weighted by Crippen LogP contribution is 2.34. The number of ether oxygens (including phenoxy) is 5. The molecule has 0 spiro atoms. The lowest BCUT2D eigenvalue weighted by Gasteiger charge is -2.16. The molecule has 0 amide bonds. The molecule has 0 saturated heterocycles. The second kappa shape index (κ2) is 10.8. The molecule has 1 aliphatic rings. The third-order valence-corrected chi connectivity index (χ3v) is 4.35. The Labute approximate surface area is 187 Å². The summed E-state index contributed by atoms with van der Waals surface area (Å²) in [6.45, 7) is 1.37. The van der Waals surface area contributed by atoms with Gasteiger partial charge in [0.25, 0.3) is 0 Å². The van der Waals surface area contributed by atoms with E-state index in [-0.39, 0.29) is 30.8 Å². The number of nitrogens with zero attached hydrogens (tertiary/aromatic N) is 1. The van der Waals surface area contributed by atoms with Crippen molar-refractivity contribution in [3.05, 3.63) is 41.5 Å². The van der Waals surface area contributed by atoms with Gasteiger partial charge in [-0.3, -0.25) is 4.99 Å². The highest BCUT2D eigenvalue weighted by atomic mass is 127. The van der Waals surface area contributed by atoms with E-state index in [4.69, 9.17) is 23.7 Å². The molecule has 0 aliphatic carbocycles. The van der Waals surface area contributed by atoms with E-state index in [1.54, 1.807) is 34.4 Å². The summed E-state index contributed by atoms with van der Waals surface area (Å²) < 4.78 is 26.9. The fourth-order valence-electron chi connectivity index (χ4n) is 2.87. The zero-order chi connectivity index (χ0) is 19.9. The highest BCUT2D eigenvalue weighted by Gasteiger charge is 2.14. The number of fused-ring (bicyclic) bond motifs is 1. The Morgan fingerprint density at radius 1 is 0.897 bits per heavy atom. The Bertz CT molecular complexity index is 860. The minimum Gasteiger partial charge on any atom is -0.496 e. The van der Waals surface area contributed by atoms with E-state index in [1.165, 1.54) is 0 Å². The Morgan fingerprint density at radius 3 is 2.24 bits per heavy atom. The molecule has 2 aromatic carbocycles. The van der Waals surface area contributed by atoms with Gasteiger partial charge in [0.1, 0.15) is 5.75 Å². The third-order valence-electron chi connectivity index (χ3n) is 4.35. The number of nitrogens with one attached hydrogen (secondary N) is 2. The Kier molecular flexibility index (Phi) is 8.50. The van der Waals surface area contributed by atoms with Crippen LogP contribution in [0.5, 0.6) is 28.7 Å². The van der Waals surface area contributed by atoms with Crippen molar-refractivity contribution in [1.82, 2.24) is 10.6 Å². The molecule has 0 fully saturated rings. The van der Waals surface area contributed by atoms with Gasteiger partial charge in [-0.25, -0.2) is 0 Å². The molecule has 29 heavy (non-hydrogen) atoms. The van der Waals surface area contributed by atoms with Crippen molar-refractivity contribution >= 4 is 29.9 Å². The monoisotopic (exact) mass is 515 g/mol. The fraction of sp³-hybridized carbons (Fsp3) is 0.350. The maximum atomic E-state index is 5.46. The molecule has 2 N–H and O–H groups in total. The summed E-state index contributed by atoms with van der Waals surface area (Å²) in [5.41, 5.74) is 1.99. The number of hydrogen-bond donors (Lipinski definition) is 2. The minimum absolute atomic E-state index is 0. The van der Waals surface area contributed by atoms with Crippen LogP contribution < -0.4 is 34.3 Å². The van der Waals surface area contributed by atoms with Crippen molar-refractivity contribution in [2.24, 2.45) is 4.99 Å². The van der Waals surface area contributed by atoms with Gasteiger partial charge in [-0.15, -0.1) is 24.0 Å². The predicted molar refractivity (Wildman–Crippen MR) is 121 cm³/mol. The topological polar surface area (TPSA) is 82.6 Å². The molecule has 1 aliphatic heterocycles. The SMILES string of the molecule is CN=C(NCc1ccc2c(c1)OCO2)NCc1cc(OC)c(OC)cc1OC.I. The summed E-state index contributed by atoms with van der Waals surface area (Å²) in [7, 11) is 6.54.